The van der Waals surface area contributed by atoms with Gasteiger partial charge >= 0.3 is 5.97 Å². The lowest BCUT2D eigenvalue weighted by molar-refractivity contribution is -0.144. The number of amides is 1. The van der Waals surface area contributed by atoms with Gasteiger partial charge in [-0.15, -0.1) is 6.58 Å². The molecular weight excluding hydrogens is 270 g/mol. The Bertz CT molecular complexity index is 422. The summed E-state index contributed by atoms with van der Waals surface area (Å²) in [6.07, 6.45) is 4.91. The van der Waals surface area contributed by atoms with E-state index in [1.165, 1.54) is 0 Å². The number of hydrogen-bond acceptors (Lipinski definition) is 5. The molecule has 21 heavy (non-hydrogen) atoms. The Kier molecular flexibility index (Phi) is 6.89. The first kappa shape index (κ1) is 17.2. The molecule has 116 valence electrons. The average Bonchev–Trinajstić information content (AvgIpc) is 2.88. The van der Waals surface area contributed by atoms with Crippen LogP contribution in [0.2, 0.25) is 0 Å². The lowest BCUT2D eigenvalue weighted by atomic mass is 10.00. The summed E-state index contributed by atoms with van der Waals surface area (Å²) < 4.78 is 4.88. The maximum Gasteiger partial charge on any atom is 0.320 e. The highest BCUT2D eigenvalue weighted by atomic mass is 16.5. The summed E-state index contributed by atoms with van der Waals surface area (Å²) in [6, 6.07) is 2.21. The van der Waals surface area contributed by atoms with Gasteiger partial charge in [0, 0.05) is 6.54 Å². The maximum absolute atomic E-state index is 12.1. The van der Waals surface area contributed by atoms with Crippen LogP contribution in [-0.2, 0) is 14.3 Å². The second-order valence-corrected chi connectivity index (χ2v) is 5.21. The fourth-order valence-electron chi connectivity index (χ4n) is 2.51. The number of ether oxygens (including phenoxy) is 1. The van der Waals surface area contributed by atoms with E-state index in [9.17, 15) is 14.9 Å². The molecule has 0 aromatic carbocycles. The lowest BCUT2D eigenvalue weighted by Crippen LogP contribution is -2.49. The van der Waals surface area contributed by atoms with E-state index in [4.69, 9.17) is 4.74 Å². The van der Waals surface area contributed by atoms with Crippen molar-refractivity contribution in [1.82, 2.24) is 10.2 Å². The van der Waals surface area contributed by atoms with Gasteiger partial charge in [-0.1, -0.05) is 6.08 Å². The van der Waals surface area contributed by atoms with Gasteiger partial charge in [0.05, 0.1) is 25.8 Å². The summed E-state index contributed by atoms with van der Waals surface area (Å²) in [4.78, 5) is 25.2. The first-order valence-corrected chi connectivity index (χ1v) is 7.26. The van der Waals surface area contributed by atoms with Gasteiger partial charge in [-0.05, 0) is 32.6 Å². The van der Waals surface area contributed by atoms with Crippen molar-refractivity contribution in [3.05, 3.63) is 12.7 Å². The number of nitrogens with one attached hydrogen (secondary N) is 1. The predicted octanol–water partition coefficient (Wildman–Crippen LogP) is 0.990. The third kappa shape index (κ3) is 5.56. The summed E-state index contributed by atoms with van der Waals surface area (Å²) in [5.74, 6) is -0.618. The van der Waals surface area contributed by atoms with E-state index < -0.39 is 5.54 Å². The average molecular weight is 293 g/mol. The number of carbonyl (C=O) groups excluding carboxylic acids is 2. The minimum atomic E-state index is -0.735. The van der Waals surface area contributed by atoms with Gasteiger partial charge in [-0.25, -0.2) is 0 Å². The largest absolute Gasteiger partial charge is 0.465 e. The molecule has 0 saturated heterocycles. The topological polar surface area (TPSA) is 82.4 Å². The molecule has 1 N–H and O–H groups in total. The molecule has 1 saturated carbocycles. The van der Waals surface area contributed by atoms with Crippen molar-refractivity contribution in [3.8, 4) is 6.07 Å². The first-order valence-electron chi connectivity index (χ1n) is 7.26. The highest BCUT2D eigenvalue weighted by Crippen LogP contribution is 2.28. The SMILES string of the molecule is C=CCN(CC(=O)NC1(C#N)CCCC1)CC(=O)OCC. The van der Waals surface area contributed by atoms with Crippen molar-refractivity contribution in [3.63, 3.8) is 0 Å². The van der Waals surface area contributed by atoms with Crippen LogP contribution in [0.15, 0.2) is 12.7 Å². The Labute approximate surface area is 125 Å². The van der Waals surface area contributed by atoms with Gasteiger partial charge in [0.2, 0.25) is 5.91 Å². The third-order valence-corrected chi connectivity index (χ3v) is 3.46. The summed E-state index contributed by atoms with van der Waals surface area (Å²) >= 11 is 0. The number of rotatable bonds is 8. The molecule has 0 spiro atoms. The number of nitrogens with zero attached hydrogens (tertiary/aromatic N) is 2. The lowest BCUT2D eigenvalue weighted by Gasteiger charge is -2.25. The van der Waals surface area contributed by atoms with Gasteiger partial charge in [0.1, 0.15) is 5.54 Å². The fourth-order valence-corrected chi connectivity index (χ4v) is 2.51. The molecule has 0 aromatic heterocycles. The molecule has 0 radical (unpaired) electrons. The molecule has 1 amide bonds. The number of carbonyl (C=O) groups is 2. The van der Waals surface area contributed by atoms with Gasteiger partial charge in [0.25, 0.3) is 0 Å². The maximum atomic E-state index is 12.1. The van der Waals surface area contributed by atoms with Crippen LogP contribution in [0, 0.1) is 11.3 Å². The van der Waals surface area contributed by atoms with Crippen molar-refractivity contribution in [2.75, 3.05) is 26.2 Å². The second kappa shape index (κ2) is 8.42. The fraction of sp³-hybridized carbons (Fsp3) is 0.667. The molecule has 1 rings (SSSR count). The smallest absolute Gasteiger partial charge is 0.320 e. The number of nitriles is 1. The summed E-state index contributed by atoms with van der Waals surface area (Å²) in [6.45, 7) is 6.15. The number of hydrogen-bond donors (Lipinski definition) is 1. The molecule has 1 aliphatic carbocycles. The molecule has 6 heteroatoms. The summed E-state index contributed by atoms with van der Waals surface area (Å²) in [5, 5.41) is 12.1. The van der Waals surface area contributed by atoms with E-state index in [0.29, 0.717) is 26.0 Å². The van der Waals surface area contributed by atoms with Crippen molar-refractivity contribution in [2.24, 2.45) is 0 Å². The third-order valence-electron chi connectivity index (χ3n) is 3.46. The molecular formula is C15H23N3O3. The Morgan fingerprint density at radius 2 is 2.10 bits per heavy atom. The van der Waals surface area contributed by atoms with Crippen molar-refractivity contribution in [2.45, 2.75) is 38.1 Å². The molecule has 0 aromatic rings. The molecule has 1 fully saturated rings. The predicted molar refractivity (Wildman–Crippen MR) is 78.2 cm³/mol. The Morgan fingerprint density at radius 3 is 2.62 bits per heavy atom. The molecule has 0 bridgehead atoms. The van der Waals surface area contributed by atoms with E-state index >= 15 is 0 Å². The van der Waals surface area contributed by atoms with E-state index in [2.05, 4.69) is 18.0 Å². The minimum absolute atomic E-state index is 0.0346. The summed E-state index contributed by atoms with van der Waals surface area (Å²) in [7, 11) is 0. The zero-order chi connectivity index (χ0) is 15.7. The van der Waals surface area contributed by atoms with Crippen LogP contribution in [0.5, 0.6) is 0 Å². The van der Waals surface area contributed by atoms with Crippen LogP contribution < -0.4 is 5.32 Å². The second-order valence-electron chi connectivity index (χ2n) is 5.21. The Balaban J connectivity index is 2.53. The van der Waals surface area contributed by atoms with Gasteiger partial charge < -0.3 is 10.1 Å². The first-order chi connectivity index (χ1) is 10.0. The zero-order valence-electron chi connectivity index (χ0n) is 12.6. The van der Waals surface area contributed by atoms with Crippen LogP contribution in [0.25, 0.3) is 0 Å². The highest BCUT2D eigenvalue weighted by Gasteiger charge is 2.35. The molecule has 0 heterocycles. The standard InChI is InChI=1S/C15H23N3O3/c1-3-9-18(11-14(20)21-4-2)10-13(19)17-15(12-16)7-5-6-8-15/h3H,1,4-11H2,2H3,(H,17,19). The van der Waals surface area contributed by atoms with Crippen LogP contribution in [-0.4, -0.2) is 48.6 Å². The quantitative estimate of drug-likeness (QED) is 0.533. The van der Waals surface area contributed by atoms with Crippen molar-refractivity contribution in [1.29, 1.82) is 5.26 Å². The monoisotopic (exact) mass is 293 g/mol. The van der Waals surface area contributed by atoms with Crippen LogP contribution >= 0.6 is 0 Å². The van der Waals surface area contributed by atoms with Crippen LogP contribution in [0.4, 0.5) is 0 Å². The van der Waals surface area contributed by atoms with E-state index in [0.717, 1.165) is 12.8 Å². The van der Waals surface area contributed by atoms with E-state index in [-0.39, 0.29) is 25.0 Å². The van der Waals surface area contributed by atoms with Gasteiger partial charge in [0.15, 0.2) is 0 Å². The molecule has 1 aliphatic rings. The van der Waals surface area contributed by atoms with Crippen LogP contribution in [0.3, 0.4) is 0 Å². The summed E-state index contributed by atoms with van der Waals surface area (Å²) in [5.41, 5.74) is -0.735. The molecule has 6 nitrogen and oxygen atoms in total. The van der Waals surface area contributed by atoms with E-state index in [1.54, 1.807) is 17.9 Å². The highest BCUT2D eigenvalue weighted by molar-refractivity contribution is 5.80. The van der Waals surface area contributed by atoms with E-state index in [1.807, 2.05) is 0 Å². The Morgan fingerprint density at radius 1 is 1.43 bits per heavy atom. The molecule has 0 atom stereocenters. The normalized spacial score (nSPS) is 16.2. The molecule has 0 unspecified atom stereocenters. The van der Waals surface area contributed by atoms with Crippen molar-refractivity contribution >= 4 is 11.9 Å². The Hall–Kier alpha value is -1.87. The zero-order valence-corrected chi connectivity index (χ0v) is 12.6. The minimum Gasteiger partial charge on any atom is -0.465 e. The van der Waals surface area contributed by atoms with Gasteiger partial charge in [-0.2, -0.15) is 5.26 Å². The molecule has 0 aliphatic heterocycles. The van der Waals surface area contributed by atoms with Crippen LogP contribution in [0.1, 0.15) is 32.6 Å². The van der Waals surface area contributed by atoms with Gasteiger partial charge in [-0.3, -0.25) is 14.5 Å². The number of esters is 1. The van der Waals surface area contributed by atoms with Crippen molar-refractivity contribution < 1.29 is 14.3 Å².